The van der Waals surface area contributed by atoms with Gasteiger partial charge in [0.2, 0.25) is 0 Å². The van der Waals surface area contributed by atoms with Crippen LogP contribution >= 0.6 is 7.82 Å². The average Bonchev–Trinajstić information content (AvgIpc) is 2.47. The molecule has 2 atom stereocenters. The zero-order chi connectivity index (χ0) is 16.9. The van der Waals surface area contributed by atoms with Gasteiger partial charge in [0, 0.05) is 26.5 Å². The summed E-state index contributed by atoms with van der Waals surface area (Å²) in [6.45, 7) is 5.76. The Morgan fingerprint density at radius 2 is 1.90 bits per heavy atom. The number of hydrogen-bond acceptors (Lipinski definition) is 6. The summed E-state index contributed by atoms with van der Waals surface area (Å²) in [4.78, 5) is 33.4. The monoisotopic (exact) mass is 326 g/mol. The molecule has 1 rings (SSSR count). The van der Waals surface area contributed by atoms with Gasteiger partial charge in [-0.25, -0.2) is 9.36 Å². The van der Waals surface area contributed by atoms with Crippen molar-refractivity contribution >= 4 is 7.82 Å². The Balaban J connectivity index is 0. The summed E-state index contributed by atoms with van der Waals surface area (Å²) in [6, 6.07) is 1.24. The van der Waals surface area contributed by atoms with E-state index in [1.165, 1.54) is 19.4 Å². The lowest BCUT2D eigenvalue weighted by atomic mass is 10.4. The minimum Gasteiger partial charge on any atom is -0.379 e. The molecule has 0 amide bonds. The van der Waals surface area contributed by atoms with Crippen molar-refractivity contribution in [2.24, 2.45) is 0 Å². The molecule has 0 saturated carbocycles. The van der Waals surface area contributed by atoms with Crippen molar-refractivity contribution in [2.45, 2.75) is 26.9 Å². The molecule has 0 saturated heterocycles. The first-order valence-electron chi connectivity index (χ1n) is 6.14. The van der Waals surface area contributed by atoms with E-state index in [9.17, 15) is 14.2 Å². The molecule has 0 radical (unpaired) electrons. The van der Waals surface area contributed by atoms with E-state index in [2.05, 4.69) is 14.0 Å². The van der Waals surface area contributed by atoms with E-state index >= 15 is 0 Å². The fourth-order valence-electron chi connectivity index (χ4n) is 0.703. The number of phosphoric ester groups is 1. The molecule has 1 heterocycles. The lowest BCUT2D eigenvalue weighted by Crippen LogP contribution is -2.19. The van der Waals surface area contributed by atoms with Gasteiger partial charge >= 0.3 is 13.5 Å². The Bertz CT molecular complexity index is 488. The minimum atomic E-state index is -3.82. The standard InChI is InChI=1S/C5H13O5P.C4H4N2O2.C2H6/c1-5(8-2)4-10-11(6,7)9-3;7-3-1-2-5-4(8)6-3;1-2/h5H,4H2,1-3H3,(H,6,7);1-2H,(H2,5,6,7,8);1-2H3/t5-;;/m0../s1. The Labute approximate surface area is 122 Å². The van der Waals surface area contributed by atoms with Crippen LogP contribution in [0.15, 0.2) is 21.9 Å². The molecule has 0 bridgehead atoms. The van der Waals surface area contributed by atoms with Gasteiger partial charge in [0.1, 0.15) is 0 Å². The fraction of sp³-hybridized carbons (Fsp3) is 0.636. The van der Waals surface area contributed by atoms with E-state index in [1.54, 1.807) is 6.92 Å². The van der Waals surface area contributed by atoms with Crippen LogP contribution in [0.2, 0.25) is 0 Å². The second-order valence-corrected chi connectivity index (χ2v) is 4.85. The third-order valence-electron chi connectivity index (χ3n) is 1.79. The lowest BCUT2D eigenvalue weighted by molar-refractivity contribution is 0.0542. The first kappa shape index (κ1) is 22.0. The molecular formula is C11H23N2O7P. The largest absolute Gasteiger partial charge is 0.471 e. The molecule has 0 aliphatic carbocycles. The third-order valence-corrected chi connectivity index (χ3v) is 2.73. The van der Waals surface area contributed by atoms with Crippen LogP contribution in [0.1, 0.15) is 20.8 Å². The summed E-state index contributed by atoms with van der Waals surface area (Å²) >= 11 is 0. The quantitative estimate of drug-likeness (QED) is 0.684. The molecule has 0 spiro atoms. The maximum absolute atomic E-state index is 10.7. The minimum absolute atomic E-state index is 0.0398. The smallest absolute Gasteiger partial charge is 0.379 e. The van der Waals surface area contributed by atoms with Crippen LogP contribution in [0.4, 0.5) is 0 Å². The summed E-state index contributed by atoms with van der Waals surface area (Å²) in [5.41, 5.74) is -0.855. The highest BCUT2D eigenvalue weighted by molar-refractivity contribution is 7.47. The van der Waals surface area contributed by atoms with Gasteiger partial charge in [-0.3, -0.25) is 18.8 Å². The van der Waals surface area contributed by atoms with Gasteiger partial charge in [0.15, 0.2) is 0 Å². The summed E-state index contributed by atoms with van der Waals surface area (Å²) in [6.07, 6.45) is 1.08. The zero-order valence-electron chi connectivity index (χ0n) is 12.8. The highest BCUT2D eigenvalue weighted by Gasteiger charge is 2.19. The number of H-pyrrole nitrogens is 2. The summed E-state index contributed by atoms with van der Waals surface area (Å²) in [5.74, 6) is 0. The van der Waals surface area contributed by atoms with Crippen molar-refractivity contribution in [1.82, 2.24) is 9.97 Å². The SMILES string of the molecule is CC.CO[C@@H](C)COP(=O)(O)OC.O=c1cc[nH]c(=O)[nH]1. The average molecular weight is 326 g/mol. The van der Waals surface area contributed by atoms with Crippen LogP contribution in [0, 0.1) is 0 Å². The number of aromatic nitrogens is 2. The number of rotatable bonds is 5. The molecule has 1 aromatic rings. The number of aromatic amines is 2. The number of ether oxygens (including phenoxy) is 1. The topological polar surface area (TPSA) is 131 Å². The van der Waals surface area contributed by atoms with E-state index in [0.717, 1.165) is 7.11 Å². The van der Waals surface area contributed by atoms with Crippen molar-refractivity contribution in [1.29, 1.82) is 0 Å². The number of phosphoric acid groups is 1. The van der Waals surface area contributed by atoms with Crippen LogP contribution in [0.5, 0.6) is 0 Å². The Morgan fingerprint density at radius 3 is 2.24 bits per heavy atom. The first-order chi connectivity index (χ1) is 9.80. The second-order valence-electron chi connectivity index (χ2n) is 3.29. The Hall–Kier alpha value is -1.25. The molecule has 1 aromatic heterocycles. The molecule has 0 aliphatic rings. The molecule has 9 nitrogen and oxygen atoms in total. The van der Waals surface area contributed by atoms with Crippen LogP contribution in [-0.2, 0) is 18.3 Å². The van der Waals surface area contributed by atoms with Crippen molar-refractivity contribution in [3.63, 3.8) is 0 Å². The number of hydrogen-bond donors (Lipinski definition) is 3. The predicted molar refractivity (Wildman–Crippen MR) is 78.3 cm³/mol. The van der Waals surface area contributed by atoms with Gasteiger partial charge in [-0.15, -0.1) is 0 Å². The summed E-state index contributed by atoms with van der Waals surface area (Å²) < 4.78 is 24.1. The summed E-state index contributed by atoms with van der Waals surface area (Å²) in [5, 5.41) is 0. The maximum atomic E-state index is 10.7. The van der Waals surface area contributed by atoms with Crippen LogP contribution in [0.25, 0.3) is 0 Å². The predicted octanol–water partition coefficient (Wildman–Crippen LogP) is 0.874. The molecule has 1 unspecified atom stereocenters. The molecular weight excluding hydrogens is 303 g/mol. The molecule has 0 aromatic carbocycles. The highest BCUT2D eigenvalue weighted by atomic mass is 31.2. The van der Waals surface area contributed by atoms with E-state index < -0.39 is 13.5 Å². The van der Waals surface area contributed by atoms with Gasteiger partial charge < -0.3 is 14.6 Å². The van der Waals surface area contributed by atoms with Gasteiger partial charge in [0.05, 0.1) is 12.7 Å². The molecule has 124 valence electrons. The van der Waals surface area contributed by atoms with Crippen molar-refractivity contribution in [3.05, 3.63) is 33.1 Å². The van der Waals surface area contributed by atoms with Crippen LogP contribution in [0.3, 0.4) is 0 Å². The molecule has 3 N–H and O–H groups in total. The molecule has 0 fully saturated rings. The lowest BCUT2D eigenvalue weighted by Gasteiger charge is -2.12. The molecule has 0 aliphatic heterocycles. The molecule has 10 heteroatoms. The van der Waals surface area contributed by atoms with E-state index in [-0.39, 0.29) is 18.3 Å². The Kier molecular flexibility index (Phi) is 13.1. The number of methoxy groups -OCH3 is 1. The van der Waals surface area contributed by atoms with E-state index in [0.29, 0.717) is 0 Å². The van der Waals surface area contributed by atoms with Crippen molar-refractivity contribution < 1.29 is 23.2 Å². The fourth-order valence-corrected chi connectivity index (χ4v) is 1.21. The van der Waals surface area contributed by atoms with E-state index in [1.807, 2.05) is 18.8 Å². The van der Waals surface area contributed by atoms with Gasteiger partial charge in [-0.1, -0.05) is 13.8 Å². The van der Waals surface area contributed by atoms with Gasteiger partial charge in [-0.2, -0.15) is 0 Å². The highest BCUT2D eigenvalue weighted by Crippen LogP contribution is 2.41. The summed E-state index contributed by atoms with van der Waals surface area (Å²) in [7, 11) is -1.22. The Morgan fingerprint density at radius 1 is 1.33 bits per heavy atom. The van der Waals surface area contributed by atoms with Gasteiger partial charge in [-0.05, 0) is 6.92 Å². The van der Waals surface area contributed by atoms with Gasteiger partial charge in [0.25, 0.3) is 5.56 Å². The van der Waals surface area contributed by atoms with Crippen LogP contribution < -0.4 is 11.2 Å². The third kappa shape index (κ3) is 13.5. The molecule has 21 heavy (non-hydrogen) atoms. The van der Waals surface area contributed by atoms with Crippen LogP contribution in [-0.4, -0.2) is 41.8 Å². The maximum Gasteiger partial charge on any atom is 0.471 e. The normalized spacial score (nSPS) is 13.8. The van der Waals surface area contributed by atoms with Crippen molar-refractivity contribution in [3.8, 4) is 0 Å². The van der Waals surface area contributed by atoms with E-state index in [4.69, 9.17) is 9.63 Å². The van der Waals surface area contributed by atoms with Crippen molar-refractivity contribution in [2.75, 3.05) is 20.8 Å². The number of nitrogens with one attached hydrogen (secondary N) is 2. The zero-order valence-corrected chi connectivity index (χ0v) is 13.7. The first-order valence-corrected chi connectivity index (χ1v) is 7.64. The second kappa shape index (κ2) is 12.5.